The number of nitrogen functional groups attached to an aromatic ring is 1. The number of rotatable bonds is 3. The molecule has 0 saturated carbocycles. The van der Waals surface area contributed by atoms with E-state index in [4.69, 9.17) is 5.73 Å². The lowest BCUT2D eigenvalue weighted by Crippen LogP contribution is -2.44. The fourth-order valence-corrected chi connectivity index (χ4v) is 2.98. The van der Waals surface area contributed by atoms with Gasteiger partial charge in [0.15, 0.2) is 0 Å². The molecule has 0 aromatic carbocycles. The number of nitrogens with zero attached hydrogens (tertiary/aromatic N) is 3. The molecule has 7 nitrogen and oxygen atoms in total. The van der Waals surface area contributed by atoms with Crippen LogP contribution in [0.15, 0.2) is 12.3 Å². The summed E-state index contributed by atoms with van der Waals surface area (Å²) in [6.07, 6.45) is 3.34. The van der Waals surface area contributed by atoms with Gasteiger partial charge >= 0.3 is 0 Å². The number of nitrogens with one attached hydrogen (secondary N) is 1. The number of hydrogen-bond donors (Lipinski definition) is 2. The van der Waals surface area contributed by atoms with Crippen LogP contribution in [0.25, 0.3) is 0 Å². The van der Waals surface area contributed by atoms with Gasteiger partial charge in [-0.3, -0.25) is 4.68 Å². The lowest BCUT2D eigenvalue weighted by atomic mass is 10.1. The Kier molecular flexibility index (Phi) is 3.36. The van der Waals surface area contributed by atoms with Crippen molar-refractivity contribution < 1.29 is 8.42 Å². The largest absolute Gasteiger partial charge is 0.382 e. The molecule has 3 N–H and O–H groups in total. The molecule has 0 amide bonds. The Morgan fingerprint density at radius 2 is 2.12 bits per heavy atom. The number of nitrogens with two attached hydrogens (primary N) is 1. The van der Waals surface area contributed by atoms with E-state index < -0.39 is 10.2 Å². The maximum Gasteiger partial charge on any atom is 0.279 e. The topological polar surface area (TPSA) is 93.2 Å². The smallest absolute Gasteiger partial charge is 0.279 e. The molecule has 0 unspecified atom stereocenters. The molecule has 0 atom stereocenters. The van der Waals surface area contributed by atoms with E-state index in [1.54, 1.807) is 6.07 Å². The van der Waals surface area contributed by atoms with Crippen molar-refractivity contribution in [3.05, 3.63) is 12.3 Å². The highest BCUT2D eigenvalue weighted by molar-refractivity contribution is 7.87. The van der Waals surface area contributed by atoms with Gasteiger partial charge in [-0.15, -0.1) is 0 Å². The normalized spacial score (nSPS) is 19.6. The molecular weight excluding hydrogens is 242 g/mol. The van der Waals surface area contributed by atoms with Gasteiger partial charge < -0.3 is 5.73 Å². The Morgan fingerprint density at radius 3 is 2.59 bits per heavy atom. The average Bonchev–Trinajstić information content (AvgIpc) is 2.76. The molecule has 17 heavy (non-hydrogen) atoms. The van der Waals surface area contributed by atoms with Crippen LogP contribution >= 0.6 is 0 Å². The van der Waals surface area contributed by atoms with E-state index in [1.807, 2.05) is 10.9 Å². The molecular formula is C9H17N5O2S. The second-order valence-electron chi connectivity index (χ2n) is 4.06. The van der Waals surface area contributed by atoms with Crippen molar-refractivity contribution in [3.63, 3.8) is 0 Å². The summed E-state index contributed by atoms with van der Waals surface area (Å²) < 4.78 is 28.7. The predicted octanol–water partition coefficient (Wildman–Crippen LogP) is -0.434. The van der Waals surface area contributed by atoms with Crippen molar-refractivity contribution in [3.8, 4) is 0 Å². The molecule has 1 aromatic heterocycles. The summed E-state index contributed by atoms with van der Waals surface area (Å²) >= 11 is 0. The minimum atomic E-state index is -3.29. The van der Waals surface area contributed by atoms with Crippen molar-refractivity contribution in [2.24, 2.45) is 0 Å². The Balaban J connectivity index is 1.99. The average molecular weight is 259 g/mol. The summed E-state index contributed by atoms with van der Waals surface area (Å²) in [6.45, 7) is 1.02. The van der Waals surface area contributed by atoms with Gasteiger partial charge in [-0.2, -0.15) is 17.8 Å². The Hall–Kier alpha value is -1.12. The number of piperidine rings is 1. The van der Waals surface area contributed by atoms with Crippen molar-refractivity contribution in [1.29, 1.82) is 0 Å². The Morgan fingerprint density at radius 1 is 1.47 bits per heavy atom. The standard InChI is InChI=1S/C9H17N5O2S/c1-11-17(15,16)13-5-2-8(3-6-13)14-7-4-9(10)12-14/h4,7-8,11H,2-3,5-6H2,1H3,(H2,10,12). The first-order valence-electron chi connectivity index (χ1n) is 5.52. The van der Waals surface area contributed by atoms with Crippen LogP contribution in [0.2, 0.25) is 0 Å². The van der Waals surface area contributed by atoms with E-state index in [1.165, 1.54) is 11.4 Å². The first-order chi connectivity index (χ1) is 8.03. The highest BCUT2D eigenvalue weighted by atomic mass is 32.2. The number of hydrogen-bond acceptors (Lipinski definition) is 4. The van der Waals surface area contributed by atoms with Crippen LogP contribution < -0.4 is 10.5 Å². The highest BCUT2D eigenvalue weighted by Gasteiger charge is 2.27. The van der Waals surface area contributed by atoms with E-state index >= 15 is 0 Å². The summed E-state index contributed by atoms with van der Waals surface area (Å²) in [6, 6.07) is 1.98. The molecule has 0 aliphatic carbocycles. The van der Waals surface area contributed by atoms with Gasteiger partial charge in [-0.1, -0.05) is 0 Å². The molecule has 0 spiro atoms. The summed E-state index contributed by atoms with van der Waals surface area (Å²) in [5, 5.41) is 4.15. The molecule has 96 valence electrons. The predicted molar refractivity (Wildman–Crippen MR) is 64.5 cm³/mol. The van der Waals surface area contributed by atoms with Crippen LogP contribution in [-0.2, 0) is 10.2 Å². The van der Waals surface area contributed by atoms with Crippen molar-refractivity contribution in [2.75, 3.05) is 25.9 Å². The zero-order valence-electron chi connectivity index (χ0n) is 9.70. The van der Waals surface area contributed by atoms with E-state index in [-0.39, 0.29) is 6.04 Å². The fraction of sp³-hybridized carbons (Fsp3) is 0.667. The van der Waals surface area contributed by atoms with Crippen molar-refractivity contribution >= 4 is 16.0 Å². The summed E-state index contributed by atoms with van der Waals surface area (Å²) in [5.41, 5.74) is 5.56. The van der Waals surface area contributed by atoms with Crippen LogP contribution in [0.4, 0.5) is 5.82 Å². The van der Waals surface area contributed by atoms with E-state index in [0.29, 0.717) is 18.9 Å². The summed E-state index contributed by atoms with van der Waals surface area (Å²) in [4.78, 5) is 0. The zero-order valence-corrected chi connectivity index (χ0v) is 10.5. The summed E-state index contributed by atoms with van der Waals surface area (Å²) in [5.74, 6) is 0.496. The maximum atomic E-state index is 11.6. The SMILES string of the molecule is CNS(=O)(=O)N1CCC(n2ccc(N)n2)CC1. The van der Waals surface area contributed by atoms with Crippen LogP contribution in [0.1, 0.15) is 18.9 Å². The highest BCUT2D eigenvalue weighted by Crippen LogP contribution is 2.23. The lowest BCUT2D eigenvalue weighted by molar-refractivity contribution is 0.260. The van der Waals surface area contributed by atoms with Gasteiger partial charge in [0.2, 0.25) is 0 Å². The zero-order chi connectivity index (χ0) is 12.5. The molecule has 2 heterocycles. The minimum Gasteiger partial charge on any atom is -0.382 e. The molecule has 1 aliphatic rings. The minimum absolute atomic E-state index is 0.232. The van der Waals surface area contributed by atoms with Gasteiger partial charge in [0.05, 0.1) is 6.04 Å². The van der Waals surface area contributed by atoms with E-state index in [0.717, 1.165) is 12.8 Å². The first kappa shape index (κ1) is 12.3. The third kappa shape index (κ3) is 2.59. The van der Waals surface area contributed by atoms with Crippen molar-refractivity contribution in [2.45, 2.75) is 18.9 Å². The lowest BCUT2D eigenvalue weighted by Gasteiger charge is -2.30. The van der Waals surface area contributed by atoms with E-state index in [9.17, 15) is 8.42 Å². The maximum absolute atomic E-state index is 11.6. The third-order valence-electron chi connectivity index (χ3n) is 3.02. The molecule has 0 bridgehead atoms. The molecule has 8 heteroatoms. The van der Waals surface area contributed by atoms with Gasteiger partial charge in [0.25, 0.3) is 10.2 Å². The van der Waals surface area contributed by atoms with Gasteiger partial charge in [-0.05, 0) is 18.9 Å². The van der Waals surface area contributed by atoms with Gasteiger partial charge in [0, 0.05) is 26.3 Å². The Labute approximate surface area is 101 Å². The second-order valence-corrected chi connectivity index (χ2v) is 5.93. The molecule has 1 saturated heterocycles. The molecule has 1 fully saturated rings. The van der Waals surface area contributed by atoms with Crippen LogP contribution in [-0.4, -0.2) is 42.6 Å². The van der Waals surface area contributed by atoms with E-state index in [2.05, 4.69) is 9.82 Å². The quantitative estimate of drug-likeness (QED) is 0.770. The van der Waals surface area contributed by atoms with Crippen LogP contribution in [0.3, 0.4) is 0 Å². The molecule has 2 rings (SSSR count). The molecule has 0 radical (unpaired) electrons. The second kappa shape index (κ2) is 4.63. The number of anilines is 1. The third-order valence-corrected chi connectivity index (χ3v) is 4.59. The van der Waals surface area contributed by atoms with Gasteiger partial charge in [0.1, 0.15) is 5.82 Å². The Bertz CT molecular complexity index is 475. The molecule has 1 aliphatic heterocycles. The van der Waals surface area contributed by atoms with Crippen molar-refractivity contribution in [1.82, 2.24) is 18.8 Å². The monoisotopic (exact) mass is 259 g/mol. The van der Waals surface area contributed by atoms with Crippen LogP contribution in [0.5, 0.6) is 0 Å². The number of aromatic nitrogens is 2. The molecule has 1 aromatic rings. The fourth-order valence-electron chi connectivity index (χ4n) is 2.03. The first-order valence-corrected chi connectivity index (χ1v) is 6.96. The summed E-state index contributed by atoms with van der Waals surface area (Å²) in [7, 11) is -1.87. The van der Waals surface area contributed by atoms with Crippen LogP contribution in [0, 0.1) is 0 Å². The van der Waals surface area contributed by atoms with Gasteiger partial charge in [-0.25, -0.2) is 4.72 Å².